The van der Waals surface area contributed by atoms with Gasteiger partial charge in [-0.25, -0.2) is 4.98 Å². The van der Waals surface area contributed by atoms with Gasteiger partial charge in [-0.15, -0.1) is 0 Å². The van der Waals surface area contributed by atoms with Gasteiger partial charge in [0, 0.05) is 20.7 Å². The zero-order valence-corrected chi connectivity index (χ0v) is 18.0. The molecule has 2 aliphatic heterocycles. The van der Waals surface area contributed by atoms with Crippen molar-refractivity contribution >= 4 is 23.3 Å². The Kier molecular flexibility index (Phi) is 6.15. The molecule has 0 aliphatic carbocycles. The third kappa shape index (κ3) is 4.39. The van der Waals surface area contributed by atoms with Crippen LogP contribution in [-0.4, -0.2) is 61.7 Å². The van der Waals surface area contributed by atoms with E-state index in [1.165, 1.54) is 11.1 Å². The van der Waals surface area contributed by atoms with Crippen LogP contribution in [0, 0.1) is 6.92 Å². The van der Waals surface area contributed by atoms with E-state index in [1.54, 1.807) is 7.11 Å². The number of rotatable bonds is 6. The van der Waals surface area contributed by atoms with Crippen molar-refractivity contribution < 1.29 is 4.74 Å². The smallest absolute Gasteiger partial charge is 0.227 e. The molecule has 8 heteroatoms. The summed E-state index contributed by atoms with van der Waals surface area (Å²) in [7, 11) is 3.67. The number of nitrogens with zero attached hydrogens (tertiary/aromatic N) is 4. The third-order valence-corrected chi connectivity index (χ3v) is 5.77. The predicted molar refractivity (Wildman–Crippen MR) is 122 cm³/mol. The number of ether oxygens (including phenoxy) is 1. The molecule has 0 saturated carbocycles. The number of aliphatic imine (C=N–C) groups is 1. The highest BCUT2D eigenvalue weighted by Gasteiger charge is 2.41. The van der Waals surface area contributed by atoms with Crippen LogP contribution >= 0.6 is 0 Å². The zero-order valence-electron chi connectivity index (χ0n) is 18.0. The number of methoxy groups -OCH3 is 1. The minimum absolute atomic E-state index is 0.213. The van der Waals surface area contributed by atoms with Gasteiger partial charge in [-0.2, -0.15) is 4.98 Å². The summed E-state index contributed by atoms with van der Waals surface area (Å²) in [6.45, 7) is 6.01. The van der Waals surface area contributed by atoms with E-state index < -0.39 is 0 Å². The van der Waals surface area contributed by atoms with Crippen molar-refractivity contribution in [2.45, 2.75) is 31.8 Å². The van der Waals surface area contributed by atoms with Gasteiger partial charge in [-0.3, -0.25) is 4.99 Å². The van der Waals surface area contributed by atoms with Gasteiger partial charge in [0.05, 0.1) is 30.6 Å². The van der Waals surface area contributed by atoms with Gasteiger partial charge in [-0.1, -0.05) is 29.8 Å². The summed E-state index contributed by atoms with van der Waals surface area (Å²) in [5, 5.41) is 10.7. The first-order valence-corrected chi connectivity index (χ1v) is 10.5. The summed E-state index contributed by atoms with van der Waals surface area (Å²) < 4.78 is 5.17. The number of hydrogen-bond acceptors (Lipinski definition) is 7. The second-order valence-electron chi connectivity index (χ2n) is 8.08. The molecule has 1 fully saturated rings. The van der Waals surface area contributed by atoms with E-state index in [-0.39, 0.29) is 5.54 Å². The fourth-order valence-corrected chi connectivity index (χ4v) is 4.01. The van der Waals surface area contributed by atoms with Crippen molar-refractivity contribution in [1.29, 1.82) is 0 Å². The number of benzene rings is 1. The topological polar surface area (TPSA) is 86.7 Å². The van der Waals surface area contributed by atoms with Crippen LogP contribution in [0.2, 0.25) is 0 Å². The van der Waals surface area contributed by atoms with Gasteiger partial charge in [0.2, 0.25) is 5.95 Å². The Morgan fingerprint density at radius 3 is 2.87 bits per heavy atom. The highest BCUT2D eigenvalue weighted by atomic mass is 16.5. The molecule has 0 atom stereocenters. The number of piperidine rings is 1. The summed E-state index contributed by atoms with van der Waals surface area (Å²) in [5.41, 5.74) is 3.17. The van der Waals surface area contributed by atoms with Gasteiger partial charge in [0.1, 0.15) is 5.84 Å². The number of nitrogens with one attached hydrogen (secondary N) is 3. The molecule has 2 aromatic rings. The molecule has 4 rings (SSSR count). The maximum absolute atomic E-state index is 5.17. The molecule has 0 bridgehead atoms. The molecule has 8 nitrogen and oxygen atoms in total. The number of anilines is 3. The van der Waals surface area contributed by atoms with E-state index in [0.717, 1.165) is 49.8 Å². The van der Waals surface area contributed by atoms with Crippen molar-refractivity contribution in [3.05, 3.63) is 41.6 Å². The molecule has 1 spiro atoms. The Balaban J connectivity index is 1.62. The molecule has 0 amide bonds. The molecular formula is C22H31N7O. The monoisotopic (exact) mass is 409 g/mol. The summed E-state index contributed by atoms with van der Waals surface area (Å²) in [6.07, 6.45) is 3.79. The summed E-state index contributed by atoms with van der Waals surface area (Å²) in [4.78, 5) is 16.3. The molecule has 160 valence electrons. The van der Waals surface area contributed by atoms with Crippen LogP contribution in [-0.2, 0) is 11.3 Å². The Morgan fingerprint density at radius 1 is 1.27 bits per heavy atom. The van der Waals surface area contributed by atoms with Crippen molar-refractivity contribution in [3.8, 4) is 0 Å². The van der Waals surface area contributed by atoms with E-state index >= 15 is 0 Å². The molecule has 3 N–H and O–H groups in total. The minimum atomic E-state index is -0.213. The Hall–Kier alpha value is -2.71. The first-order chi connectivity index (χ1) is 14.6. The third-order valence-electron chi connectivity index (χ3n) is 5.77. The Labute approximate surface area is 178 Å². The lowest BCUT2D eigenvalue weighted by Gasteiger charge is -2.43. The second kappa shape index (κ2) is 8.97. The average Bonchev–Trinajstić information content (AvgIpc) is 2.76. The van der Waals surface area contributed by atoms with Crippen LogP contribution in [0.3, 0.4) is 0 Å². The Bertz CT molecular complexity index is 908. The fraction of sp³-hybridized carbons (Fsp3) is 0.500. The van der Waals surface area contributed by atoms with Crippen molar-refractivity contribution in [2.75, 3.05) is 55.9 Å². The van der Waals surface area contributed by atoms with Gasteiger partial charge >= 0.3 is 0 Å². The second-order valence-corrected chi connectivity index (χ2v) is 8.08. The van der Waals surface area contributed by atoms with E-state index in [4.69, 9.17) is 14.7 Å². The van der Waals surface area contributed by atoms with E-state index in [0.29, 0.717) is 19.1 Å². The van der Waals surface area contributed by atoms with Crippen molar-refractivity contribution in [2.24, 2.45) is 4.99 Å². The lowest BCUT2D eigenvalue weighted by molar-refractivity contribution is 0.206. The number of likely N-dealkylation sites (N-methyl/N-ethyl adjacent to an activating group) is 1. The molecule has 0 unspecified atom stereocenters. The van der Waals surface area contributed by atoms with Crippen LogP contribution in [0.15, 0.2) is 35.5 Å². The highest BCUT2D eigenvalue weighted by Crippen LogP contribution is 2.35. The van der Waals surface area contributed by atoms with Crippen LogP contribution in [0.1, 0.15) is 24.0 Å². The van der Waals surface area contributed by atoms with Crippen LogP contribution in [0.4, 0.5) is 17.5 Å². The fourth-order valence-electron chi connectivity index (χ4n) is 4.01. The molecule has 1 aromatic carbocycles. The van der Waals surface area contributed by atoms with Gasteiger partial charge < -0.3 is 25.6 Å². The molecule has 30 heavy (non-hydrogen) atoms. The first-order valence-electron chi connectivity index (χ1n) is 10.5. The molecule has 1 aromatic heterocycles. The number of aryl methyl sites for hydroxylation is 1. The molecule has 1 saturated heterocycles. The van der Waals surface area contributed by atoms with Gasteiger partial charge in [0.15, 0.2) is 5.82 Å². The van der Waals surface area contributed by atoms with Crippen molar-refractivity contribution in [3.63, 3.8) is 0 Å². The summed E-state index contributed by atoms with van der Waals surface area (Å²) in [5.74, 6) is 2.40. The number of hydrogen-bond donors (Lipinski definition) is 3. The summed E-state index contributed by atoms with van der Waals surface area (Å²) in [6, 6.07) is 8.51. The van der Waals surface area contributed by atoms with Gasteiger partial charge in [-0.05, 0) is 38.4 Å². The van der Waals surface area contributed by atoms with Crippen molar-refractivity contribution in [1.82, 2.24) is 15.3 Å². The first kappa shape index (κ1) is 20.6. The van der Waals surface area contributed by atoms with Crippen LogP contribution in [0.25, 0.3) is 0 Å². The molecule has 3 heterocycles. The zero-order chi connectivity index (χ0) is 21.0. The highest BCUT2D eigenvalue weighted by molar-refractivity contribution is 6.08. The molecular weight excluding hydrogens is 378 g/mol. The lowest BCUT2D eigenvalue weighted by Crippen LogP contribution is -2.58. The number of amidine groups is 1. The Morgan fingerprint density at radius 2 is 2.10 bits per heavy atom. The molecule has 2 aliphatic rings. The standard InChI is InChI=1S/C22H31N7O/c1-16-5-4-6-17(13-16)14-24-20-22(7-9-23-10-8-22)28-18-15-25-21(27-19(18)26-20)29(2)11-12-30-3/h4-6,13,15,23,28H,7-12,14H2,1-3H3,(H,24,25,26,27). The maximum atomic E-state index is 5.17. The normalized spacial score (nSPS) is 18.6. The van der Waals surface area contributed by atoms with Crippen LogP contribution in [0.5, 0.6) is 0 Å². The predicted octanol–water partition coefficient (Wildman–Crippen LogP) is 2.43. The van der Waals surface area contributed by atoms with E-state index in [1.807, 2.05) is 18.1 Å². The molecule has 0 radical (unpaired) electrons. The minimum Gasteiger partial charge on any atom is -0.383 e. The largest absolute Gasteiger partial charge is 0.383 e. The lowest BCUT2D eigenvalue weighted by atomic mass is 9.85. The quantitative estimate of drug-likeness (QED) is 0.675. The van der Waals surface area contributed by atoms with E-state index in [9.17, 15) is 0 Å². The van der Waals surface area contributed by atoms with E-state index in [2.05, 4.69) is 52.1 Å². The van der Waals surface area contributed by atoms with Crippen LogP contribution < -0.4 is 20.9 Å². The SMILES string of the molecule is COCCN(C)c1ncc2c(n1)NC(=NCc1cccc(C)c1)C1(CCNCC1)N2. The van der Waals surface area contributed by atoms with Gasteiger partial charge in [0.25, 0.3) is 0 Å². The maximum Gasteiger partial charge on any atom is 0.227 e. The number of aromatic nitrogens is 2. The average molecular weight is 410 g/mol. The number of fused-ring (bicyclic) bond motifs is 1. The summed E-state index contributed by atoms with van der Waals surface area (Å²) >= 11 is 0.